The lowest BCUT2D eigenvalue weighted by Gasteiger charge is -2.33. The lowest BCUT2D eigenvalue weighted by Crippen LogP contribution is -2.56. The van der Waals surface area contributed by atoms with Crippen molar-refractivity contribution in [1.82, 2.24) is 10.2 Å². The van der Waals surface area contributed by atoms with Gasteiger partial charge in [0.2, 0.25) is 11.8 Å². The van der Waals surface area contributed by atoms with Crippen molar-refractivity contribution in [2.45, 2.75) is 25.6 Å². The molecule has 1 heterocycles. The fourth-order valence-electron chi connectivity index (χ4n) is 2.43. The van der Waals surface area contributed by atoms with Crippen LogP contribution in [0.1, 0.15) is 24.5 Å². The van der Waals surface area contributed by atoms with Gasteiger partial charge in [-0.25, -0.2) is 0 Å². The summed E-state index contributed by atoms with van der Waals surface area (Å²) in [5.41, 5.74) is -0.249. The van der Waals surface area contributed by atoms with E-state index in [2.05, 4.69) is 5.32 Å². The molecule has 1 aromatic rings. The Balaban J connectivity index is 2.07. The first-order valence-electron chi connectivity index (χ1n) is 7.26. The van der Waals surface area contributed by atoms with Gasteiger partial charge in [0, 0.05) is 19.2 Å². The summed E-state index contributed by atoms with van der Waals surface area (Å²) in [7, 11) is 0. The molecule has 124 valence electrons. The average Bonchev–Trinajstić information content (AvgIpc) is 2.52. The summed E-state index contributed by atoms with van der Waals surface area (Å²) >= 11 is 0. The highest BCUT2D eigenvalue weighted by atomic mass is 19.4. The zero-order valence-electron chi connectivity index (χ0n) is 12.6. The Bertz CT molecular complexity index is 609. The first-order chi connectivity index (χ1) is 10.8. The standard InChI is InChI=1S/C16H17F3N2O2/c1-2-13-15(23)20-9-10-21(13)14(22)8-5-11-3-6-12(7-4-11)16(17,18)19/h3-8,13H,2,9-10H2,1H3,(H,20,23). The number of amides is 2. The van der Waals surface area contributed by atoms with Gasteiger partial charge in [0.25, 0.3) is 0 Å². The highest BCUT2D eigenvalue weighted by molar-refractivity contribution is 5.96. The molecule has 1 aliphatic heterocycles. The van der Waals surface area contributed by atoms with Crippen molar-refractivity contribution in [3.8, 4) is 0 Å². The van der Waals surface area contributed by atoms with E-state index in [0.717, 1.165) is 12.1 Å². The number of carbonyl (C=O) groups is 2. The molecule has 2 rings (SSSR count). The molecule has 0 saturated carbocycles. The van der Waals surface area contributed by atoms with Gasteiger partial charge < -0.3 is 10.2 Å². The molecule has 0 spiro atoms. The third-order valence-corrected chi connectivity index (χ3v) is 3.66. The molecule has 23 heavy (non-hydrogen) atoms. The smallest absolute Gasteiger partial charge is 0.353 e. The molecule has 0 radical (unpaired) electrons. The van der Waals surface area contributed by atoms with Crippen LogP contribution in [0, 0.1) is 0 Å². The third kappa shape index (κ3) is 4.12. The molecule has 0 bridgehead atoms. The van der Waals surface area contributed by atoms with Crippen molar-refractivity contribution in [3.05, 3.63) is 41.5 Å². The minimum Gasteiger partial charge on any atom is -0.353 e. The molecule has 1 N–H and O–H groups in total. The topological polar surface area (TPSA) is 49.4 Å². The van der Waals surface area contributed by atoms with E-state index in [0.29, 0.717) is 25.1 Å². The zero-order valence-corrected chi connectivity index (χ0v) is 12.6. The lowest BCUT2D eigenvalue weighted by molar-refractivity contribution is -0.140. The van der Waals surface area contributed by atoms with Gasteiger partial charge in [0.15, 0.2) is 0 Å². The summed E-state index contributed by atoms with van der Waals surface area (Å²) in [5.74, 6) is -0.512. The summed E-state index contributed by atoms with van der Waals surface area (Å²) in [6.07, 6.45) is -1.15. The molecule has 1 aromatic carbocycles. The normalized spacial score (nSPS) is 19.0. The molecule has 1 atom stereocenters. The quantitative estimate of drug-likeness (QED) is 0.868. The van der Waals surface area contributed by atoms with E-state index in [4.69, 9.17) is 0 Å². The monoisotopic (exact) mass is 326 g/mol. The van der Waals surface area contributed by atoms with Crippen LogP contribution in [0.4, 0.5) is 13.2 Å². The highest BCUT2D eigenvalue weighted by Crippen LogP contribution is 2.29. The number of nitrogens with zero attached hydrogens (tertiary/aromatic N) is 1. The summed E-state index contributed by atoms with van der Waals surface area (Å²) in [4.78, 5) is 25.4. The number of hydrogen-bond acceptors (Lipinski definition) is 2. The molecule has 7 heteroatoms. The summed E-state index contributed by atoms with van der Waals surface area (Å²) < 4.78 is 37.4. The third-order valence-electron chi connectivity index (χ3n) is 3.66. The molecule has 4 nitrogen and oxygen atoms in total. The highest BCUT2D eigenvalue weighted by Gasteiger charge is 2.31. The van der Waals surface area contributed by atoms with Crippen LogP contribution in [0.15, 0.2) is 30.3 Å². The Hall–Kier alpha value is -2.31. The van der Waals surface area contributed by atoms with Crippen LogP contribution < -0.4 is 5.32 Å². The van der Waals surface area contributed by atoms with Crippen LogP contribution in [0.25, 0.3) is 6.08 Å². The van der Waals surface area contributed by atoms with Crippen LogP contribution in [-0.2, 0) is 15.8 Å². The second-order valence-corrected chi connectivity index (χ2v) is 5.20. The number of alkyl halides is 3. The van der Waals surface area contributed by atoms with E-state index >= 15 is 0 Å². The molecular weight excluding hydrogens is 309 g/mol. The van der Waals surface area contributed by atoms with Gasteiger partial charge in [-0.05, 0) is 30.2 Å². The predicted octanol–water partition coefficient (Wildman–Crippen LogP) is 2.46. The van der Waals surface area contributed by atoms with Crippen LogP contribution in [0.5, 0.6) is 0 Å². The fourth-order valence-corrected chi connectivity index (χ4v) is 2.43. The molecule has 1 unspecified atom stereocenters. The van der Waals surface area contributed by atoms with E-state index < -0.39 is 17.8 Å². The molecule has 0 aromatic heterocycles. The van der Waals surface area contributed by atoms with E-state index in [-0.39, 0.29) is 11.8 Å². The first kappa shape index (κ1) is 17.1. The predicted molar refractivity (Wildman–Crippen MR) is 79.3 cm³/mol. The molecule has 1 fully saturated rings. The van der Waals surface area contributed by atoms with Crippen molar-refractivity contribution in [1.29, 1.82) is 0 Å². The molecule has 1 saturated heterocycles. The van der Waals surface area contributed by atoms with Gasteiger partial charge in [-0.3, -0.25) is 9.59 Å². The summed E-state index contributed by atoms with van der Waals surface area (Å²) in [6, 6.07) is 4.02. The van der Waals surface area contributed by atoms with Gasteiger partial charge in [-0.15, -0.1) is 0 Å². The van der Waals surface area contributed by atoms with Crippen molar-refractivity contribution < 1.29 is 22.8 Å². The summed E-state index contributed by atoms with van der Waals surface area (Å²) in [5, 5.41) is 2.70. The van der Waals surface area contributed by atoms with E-state index in [1.807, 2.05) is 6.92 Å². The number of piperazine rings is 1. The second kappa shape index (κ2) is 6.85. The second-order valence-electron chi connectivity index (χ2n) is 5.20. The number of benzene rings is 1. The molecular formula is C16H17F3N2O2. The van der Waals surface area contributed by atoms with Gasteiger partial charge in [0.05, 0.1) is 5.56 Å². The number of hydrogen-bond donors (Lipinski definition) is 1. The van der Waals surface area contributed by atoms with Crippen molar-refractivity contribution in [2.75, 3.05) is 13.1 Å². The molecule has 1 aliphatic rings. The Labute approximate surface area is 132 Å². The SMILES string of the molecule is CCC1C(=O)NCCN1C(=O)C=Cc1ccc(C(F)(F)F)cc1. The fraction of sp³-hybridized carbons (Fsp3) is 0.375. The number of carbonyl (C=O) groups excluding carboxylic acids is 2. The molecule has 2 amide bonds. The largest absolute Gasteiger partial charge is 0.416 e. The minimum absolute atomic E-state index is 0.185. The van der Waals surface area contributed by atoms with Gasteiger partial charge in [-0.1, -0.05) is 19.1 Å². The Morgan fingerprint density at radius 2 is 2.00 bits per heavy atom. The maximum absolute atomic E-state index is 12.5. The number of halogens is 3. The Kier molecular flexibility index (Phi) is 5.08. The van der Waals surface area contributed by atoms with Gasteiger partial charge >= 0.3 is 6.18 Å². The van der Waals surface area contributed by atoms with E-state index in [1.165, 1.54) is 29.2 Å². The van der Waals surface area contributed by atoms with Crippen LogP contribution in [-0.4, -0.2) is 35.8 Å². The molecule has 0 aliphatic carbocycles. The lowest BCUT2D eigenvalue weighted by atomic mass is 10.1. The van der Waals surface area contributed by atoms with Crippen molar-refractivity contribution >= 4 is 17.9 Å². The number of rotatable bonds is 3. The zero-order chi connectivity index (χ0) is 17.0. The summed E-state index contributed by atoms with van der Waals surface area (Å²) in [6.45, 7) is 2.63. The van der Waals surface area contributed by atoms with Crippen LogP contribution in [0.3, 0.4) is 0 Å². The van der Waals surface area contributed by atoms with E-state index in [9.17, 15) is 22.8 Å². The maximum Gasteiger partial charge on any atom is 0.416 e. The Morgan fingerprint density at radius 1 is 1.35 bits per heavy atom. The minimum atomic E-state index is -4.38. The van der Waals surface area contributed by atoms with Crippen LogP contribution in [0.2, 0.25) is 0 Å². The van der Waals surface area contributed by atoms with Gasteiger partial charge in [-0.2, -0.15) is 13.2 Å². The van der Waals surface area contributed by atoms with Crippen LogP contribution >= 0.6 is 0 Å². The average molecular weight is 326 g/mol. The Morgan fingerprint density at radius 3 is 2.57 bits per heavy atom. The first-order valence-corrected chi connectivity index (χ1v) is 7.26. The van der Waals surface area contributed by atoms with Crippen molar-refractivity contribution in [2.24, 2.45) is 0 Å². The van der Waals surface area contributed by atoms with Crippen molar-refractivity contribution in [3.63, 3.8) is 0 Å². The van der Waals surface area contributed by atoms with Gasteiger partial charge in [0.1, 0.15) is 6.04 Å². The number of nitrogens with one attached hydrogen (secondary N) is 1. The maximum atomic E-state index is 12.5. The van der Waals surface area contributed by atoms with E-state index in [1.54, 1.807) is 0 Å².